The largest absolute Gasteiger partial charge is 0.462 e. The van der Waals surface area contributed by atoms with Gasteiger partial charge in [-0.3, -0.25) is 4.79 Å². The molecular weight excluding hydrogens is 206 g/mol. The summed E-state index contributed by atoms with van der Waals surface area (Å²) in [6.07, 6.45) is 2.68. The summed E-state index contributed by atoms with van der Waals surface area (Å²) in [5.74, 6) is -0.328. The second-order valence-corrected chi connectivity index (χ2v) is 4.88. The smallest absolute Gasteiger partial charge is 0.322 e. The molecule has 4 heteroatoms. The molecule has 0 aliphatic carbocycles. The molecule has 0 spiro atoms. The Kier molecular flexibility index (Phi) is 7.34. The van der Waals surface area contributed by atoms with Crippen molar-refractivity contribution in [2.24, 2.45) is 5.73 Å². The van der Waals surface area contributed by atoms with Crippen molar-refractivity contribution in [3.05, 3.63) is 0 Å². The molecule has 0 radical (unpaired) electrons. The van der Waals surface area contributed by atoms with E-state index >= 15 is 0 Å². The van der Waals surface area contributed by atoms with Crippen molar-refractivity contribution in [3.8, 4) is 0 Å². The van der Waals surface area contributed by atoms with E-state index in [4.69, 9.17) is 15.2 Å². The second kappa shape index (κ2) is 7.63. The number of carbonyl (C=O) groups is 1. The molecule has 4 nitrogen and oxygen atoms in total. The second-order valence-electron chi connectivity index (χ2n) is 4.88. The third kappa shape index (κ3) is 8.68. The Morgan fingerprint density at radius 1 is 1.31 bits per heavy atom. The SMILES string of the molecule is CCCC[C@H](N)C(=O)OCCOC(C)(C)C. The van der Waals surface area contributed by atoms with Crippen LogP contribution in [0.3, 0.4) is 0 Å². The van der Waals surface area contributed by atoms with Crippen LogP contribution in [0.1, 0.15) is 47.0 Å². The Bertz CT molecular complexity index is 199. The maximum absolute atomic E-state index is 11.4. The summed E-state index contributed by atoms with van der Waals surface area (Å²) < 4.78 is 10.4. The molecule has 0 bridgehead atoms. The number of hydrogen-bond acceptors (Lipinski definition) is 4. The van der Waals surface area contributed by atoms with Gasteiger partial charge in [-0.25, -0.2) is 0 Å². The lowest BCUT2D eigenvalue weighted by Gasteiger charge is -2.19. The molecule has 0 fully saturated rings. The van der Waals surface area contributed by atoms with E-state index in [1.54, 1.807) is 0 Å². The van der Waals surface area contributed by atoms with Gasteiger partial charge in [0.15, 0.2) is 0 Å². The van der Waals surface area contributed by atoms with Crippen LogP contribution < -0.4 is 5.73 Å². The third-order valence-corrected chi connectivity index (χ3v) is 2.03. The van der Waals surface area contributed by atoms with Gasteiger partial charge in [-0.15, -0.1) is 0 Å². The first-order valence-electron chi connectivity index (χ1n) is 5.93. The summed E-state index contributed by atoms with van der Waals surface area (Å²) in [6.45, 7) is 8.63. The first-order valence-corrected chi connectivity index (χ1v) is 5.93. The standard InChI is InChI=1S/C12H25NO3/c1-5-6-7-10(13)11(14)15-8-9-16-12(2,3)4/h10H,5-9,13H2,1-4H3/t10-/m0/s1. The molecule has 2 N–H and O–H groups in total. The lowest BCUT2D eigenvalue weighted by atomic mass is 10.1. The van der Waals surface area contributed by atoms with Crippen molar-refractivity contribution in [2.45, 2.75) is 58.6 Å². The van der Waals surface area contributed by atoms with Crippen LogP contribution in [0.2, 0.25) is 0 Å². The predicted octanol–water partition coefficient (Wildman–Crippen LogP) is 1.86. The van der Waals surface area contributed by atoms with Gasteiger partial charge in [0.25, 0.3) is 0 Å². The normalized spacial score (nSPS) is 13.6. The van der Waals surface area contributed by atoms with Crippen LogP contribution in [0.15, 0.2) is 0 Å². The summed E-state index contributed by atoms with van der Waals surface area (Å²) in [6, 6.07) is -0.491. The average Bonchev–Trinajstić information content (AvgIpc) is 2.19. The number of hydrogen-bond donors (Lipinski definition) is 1. The van der Waals surface area contributed by atoms with E-state index in [1.165, 1.54) is 0 Å². The summed E-state index contributed by atoms with van der Waals surface area (Å²) in [4.78, 5) is 11.4. The zero-order valence-electron chi connectivity index (χ0n) is 10.9. The molecule has 0 saturated carbocycles. The quantitative estimate of drug-likeness (QED) is 0.536. The summed E-state index contributed by atoms with van der Waals surface area (Å²) in [5, 5.41) is 0. The zero-order chi connectivity index (χ0) is 12.6. The highest BCUT2D eigenvalue weighted by Gasteiger charge is 2.15. The predicted molar refractivity (Wildman–Crippen MR) is 64.2 cm³/mol. The number of unbranched alkanes of at least 4 members (excludes halogenated alkanes) is 1. The number of rotatable bonds is 7. The number of nitrogens with two attached hydrogens (primary N) is 1. The van der Waals surface area contributed by atoms with Gasteiger partial charge in [-0.05, 0) is 27.2 Å². The van der Waals surface area contributed by atoms with E-state index in [9.17, 15) is 4.79 Å². The first-order chi connectivity index (χ1) is 7.37. The molecule has 0 unspecified atom stereocenters. The fourth-order valence-corrected chi connectivity index (χ4v) is 1.14. The van der Waals surface area contributed by atoms with E-state index in [-0.39, 0.29) is 18.2 Å². The van der Waals surface area contributed by atoms with E-state index in [0.29, 0.717) is 13.0 Å². The number of carbonyl (C=O) groups excluding carboxylic acids is 1. The Morgan fingerprint density at radius 3 is 2.44 bits per heavy atom. The van der Waals surface area contributed by atoms with E-state index < -0.39 is 6.04 Å². The molecule has 0 aromatic carbocycles. The highest BCUT2D eigenvalue weighted by molar-refractivity contribution is 5.75. The Labute approximate surface area is 98.5 Å². The van der Waals surface area contributed by atoms with Gasteiger partial charge in [-0.1, -0.05) is 19.8 Å². The van der Waals surface area contributed by atoms with Gasteiger partial charge in [-0.2, -0.15) is 0 Å². The van der Waals surface area contributed by atoms with E-state index in [1.807, 2.05) is 20.8 Å². The Balaban J connectivity index is 3.57. The molecular formula is C12H25NO3. The zero-order valence-corrected chi connectivity index (χ0v) is 10.9. The number of esters is 1. The summed E-state index contributed by atoms with van der Waals surface area (Å²) in [7, 11) is 0. The lowest BCUT2D eigenvalue weighted by molar-refractivity contribution is -0.148. The van der Waals surface area contributed by atoms with Crippen LogP contribution in [0, 0.1) is 0 Å². The summed E-state index contributed by atoms with van der Waals surface area (Å²) in [5.41, 5.74) is 5.46. The maximum Gasteiger partial charge on any atom is 0.322 e. The minimum Gasteiger partial charge on any atom is -0.462 e. The van der Waals surface area contributed by atoms with Crippen LogP contribution >= 0.6 is 0 Å². The van der Waals surface area contributed by atoms with E-state index in [2.05, 4.69) is 6.92 Å². The Morgan fingerprint density at radius 2 is 1.94 bits per heavy atom. The monoisotopic (exact) mass is 231 g/mol. The van der Waals surface area contributed by atoms with Crippen molar-refractivity contribution in [3.63, 3.8) is 0 Å². The average molecular weight is 231 g/mol. The van der Waals surface area contributed by atoms with Crippen molar-refractivity contribution < 1.29 is 14.3 Å². The molecule has 0 rings (SSSR count). The van der Waals surface area contributed by atoms with Gasteiger partial charge in [0.05, 0.1) is 12.2 Å². The van der Waals surface area contributed by atoms with Crippen LogP contribution in [0.4, 0.5) is 0 Å². The van der Waals surface area contributed by atoms with Crippen LogP contribution in [-0.4, -0.2) is 30.8 Å². The third-order valence-electron chi connectivity index (χ3n) is 2.03. The molecule has 0 aromatic heterocycles. The van der Waals surface area contributed by atoms with Crippen LogP contribution in [0.25, 0.3) is 0 Å². The highest BCUT2D eigenvalue weighted by atomic mass is 16.6. The van der Waals surface area contributed by atoms with Gasteiger partial charge in [0.2, 0.25) is 0 Å². The molecule has 0 aromatic rings. The molecule has 16 heavy (non-hydrogen) atoms. The molecule has 0 saturated heterocycles. The molecule has 0 heterocycles. The van der Waals surface area contributed by atoms with Crippen LogP contribution in [0.5, 0.6) is 0 Å². The van der Waals surface area contributed by atoms with Crippen LogP contribution in [-0.2, 0) is 14.3 Å². The molecule has 0 amide bonds. The van der Waals surface area contributed by atoms with Gasteiger partial charge in [0, 0.05) is 0 Å². The van der Waals surface area contributed by atoms with Crippen molar-refractivity contribution in [2.75, 3.05) is 13.2 Å². The molecule has 0 aliphatic heterocycles. The minimum absolute atomic E-state index is 0.198. The number of ether oxygens (including phenoxy) is 2. The molecule has 1 atom stereocenters. The molecule has 96 valence electrons. The fourth-order valence-electron chi connectivity index (χ4n) is 1.14. The topological polar surface area (TPSA) is 61.6 Å². The Hall–Kier alpha value is -0.610. The lowest BCUT2D eigenvalue weighted by Crippen LogP contribution is -2.33. The molecule has 0 aliphatic rings. The maximum atomic E-state index is 11.4. The van der Waals surface area contributed by atoms with Gasteiger partial charge in [0.1, 0.15) is 12.6 Å². The first kappa shape index (κ1) is 15.4. The van der Waals surface area contributed by atoms with Crippen molar-refractivity contribution in [1.82, 2.24) is 0 Å². The van der Waals surface area contributed by atoms with Gasteiger partial charge < -0.3 is 15.2 Å². The van der Waals surface area contributed by atoms with E-state index in [0.717, 1.165) is 12.8 Å². The fraction of sp³-hybridized carbons (Fsp3) is 0.917. The minimum atomic E-state index is -0.491. The van der Waals surface area contributed by atoms with Gasteiger partial charge >= 0.3 is 5.97 Å². The summed E-state index contributed by atoms with van der Waals surface area (Å²) >= 11 is 0. The van der Waals surface area contributed by atoms with Crippen molar-refractivity contribution in [1.29, 1.82) is 0 Å². The van der Waals surface area contributed by atoms with Crippen molar-refractivity contribution >= 4 is 5.97 Å². The highest BCUT2D eigenvalue weighted by Crippen LogP contribution is 2.06.